The van der Waals surface area contributed by atoms with Gasteiger partial charge in [-0.3, -0.25) is 4.79 Å². The number of carbonyl (C=O) groups is 1. The summed E-state index contributed by atoms with van der Waals surface area (Å²) in [5, 5.41) is 5.44. The number of aryl methyl sites for hydroxylation is 1. The molecular formula is C21H20N2O3S2. The van der Waals surface area contributed by atoms with E-state index < -0.39 is 0 Å². The molecule has 3 aromatic rings. The Morgan fingerprint density at radius 1 is 1.14 bits per heavy atom. The lowest BCUT2D eigenvalue weighted by Gasteiger charge is -2.09. The summed E-state index contributed by atoms with van der Waals surface area (Å²) in [6.07, 6.45) is 0.873. The molecule has 0 radical (unpaired) electrons. The molecule has 0 unspecified atom stereocenters. The van der Waals surface area contributed by atoms with Gasteiger partial charge in [-0.05, 0) is 25.1 Å². The van der Waals surface area contributed by atoms with Crippen molar-refractivity contribution < 1.29 is 14.3 Å². The highest BCUT2D eigenvalue weighted by Gasteiger charge is 2.13. The third-order valence-corrected chi connectivity index (χ3v) is 5.94. The van der Waals surface area contributed by atoms with Crippen molar-refractivity contribution in [2.24, 2.45) is 0 Å². The zero-order chi connectivity index (χ0) is 19.3. The lowest BCUT2D eigenvalue weighted by atomic mass is 10.1. The van der Waals surface area contributed by atoms with Crippen molar-refractivity contribution >= 4 is 34.1 Å². The van der Waals surface area contributed by atoms with Crippen LogP contribution in [0.5, 0.6) is 11.5 Å². The summed E-state index contributed by atoms with van der Waals surface area (Å²) in [7, 11) is 0. The number of ether oxygens (including phenoxy) is 2. The number of anilines is 1. The Morgan fingerprint density at radius 3 is 2.75 bits per heavy atom. The van der Waals surface area contributed by atoms with Crippen LogP contribution in [0.3, 0.4) is 0 Å². The van der Waals surface area contributed by atoms with E-state index in [0.717, 1.165) is 34.1 Å². The molecule has 0 bridgehead atoms. The Balaban J connectivity index is 1.34. The molecule has 0 saturated carbocycles. The first-order valence-electron chi connectivity index (χ1n) is 9.02. The summed E-state index contributed by atoms with van der Waals surface area (Å²) in [5.41, 5.74) is 3.12. The first-order chi connectivity index (χ1) is 13.7. The predicted molar refractivity (Wildman–Crippen MR) is 114 cm³/mol. The Bertz CT molecular complexity index is 970. The minimum Gasteiger partial charge on any atom is -0.490 e. The SMILES string of the molecule is Cc1ccc(-c2csc(NC(=O)CSc3ccc4c(c3)OCCCO4)n2)cc1. The summed E-state index contributed by atoms with van der Waals surface area (Å²) in [6, 6.07) is 14.0. The van der Waals surface area contributed by atoms with Crippen molar-refractivity contribution in [2.75, 3.05) is 24.3 Å². The van der Waals surface area contributed by atoms with Crippen LogP contribution >= 0.6 is 23.1 Å². The van der Waals surface area contributed by atoms with Gasteiger partial charge in [0.1, 0.15) is 0 Å². The van der Waals surface area contributed by atoms with Gasteiger partial charge in [-0.2, -0.15) is 0 Å². The molecule has 0 saturated heterocycles. The molecule has 1 aromatic heterocycles. The maximum absolute atomic E-state index is 12.3. The standard InChI is InChI=1S/C21H20N2O3S2/c1-14-3-5-15(6-4-14)17-12-28-21(22-17)23-20(24)13-27-16-7-8-18-19(11-16)26-10-2-9-25-18/h3-8,11-12H,2,9-10,13H2,1H3,(H,22,23,24). The molecular weight excluding hydrogens is 392 g/mol. The van der Waals surface area contributed by atoms with Crippen LogP contribution in [0.25, 0.3) is 11.3 Å². The van der Waals surface area contributed by atoms with E-state index in [2.05, 4.69) is 29.4 Å². The fraction of sp³-hybridized carbons (Fsp3) is 0.238. The number of benzene rings is 2. The summed E-state index contributed by atoms with van der Waals surface area (Å²) in [4.78, 5) is 17.8. The van der Waals surface area contributed by atoms with E-state index in [4.69, 9.17) is 9.47 Å². The second-order valence-electron chi connectivity index (χ2n) is 6.40. The number of hydrogen-bond acceptors (Lipinski definition) is 6. The number of fused-ring (bicyclic) bond motifs is 1. The molecule has 1 amide bonds. The quantitative estimate of drug-likeness (QED) is 0.597. The van der Waals surface area contributed by atoms with Gasteiger partial charge in [0.15, 0.2) is 16.6 Å². The van der Waals surface area contributed by atoms with E-state index in [0.29, 0.717) is 24.1 Å². The number of rotatable bonds is 5. The fourth-order valence-corrected chi connectivity index (χ4v) is 4.19. The fourth-order valence-electron chi connectivity index (χ4n) is 2.73. The van der Waals surface area contributed by atoms with Crippen molar-refractivity contribution in [3.8, 4) is 22.8 Å². The summed E-state index contributed by atoms with van der Waals surface area (Å²) in [5.74, 6) is 1.73. The number of amides is 1. The third kappa shape index (κ3) is 4.66. The monoisotopic (exact) mass is 412 g/mol. The Labute approximate surface area is 172 Å². The molecule has 0 aliphatic carbocycles. The molecule has 0 atom stereocenters. The van der Waals surface area contributed by atoms with E-state index in [1.165, 1.54) is 28.7 Å². The van der Waals surface area contributed by atoms with E-state index in [1.54, 1.807) is 0 Å². The highest BCUT2D eigenvalue weighted by Crippen LogP contribution is 2.34. The number of thioether (sulfide) groups is 1. The van der Waals surface area contributed by atoms with Gasteiger partial charge in [-0.25, -0.2) is 4.98 Å². The minimum atomic E-state index is -0.0816. The van der Waals surface area contributed by atoms with Gasteiger partial charge in [-0.1, -0.05) is 29.8 Å². The largest absolute Gasteiger partial charge is 0.490 e. The van der Waals surface area contributed by atoms with Crippen LogP contribution in [0.15, 0.2) is 52.7 Å². The van der Waals surface area contributed by atoms with Gasteiger partial charge < -0.3 is 14.8 Å². The summed E-state index contributed by atoms with van der Waals surface area (Å²) in [6.45, 7) is 3.37. The predicted octanol–water partition coefficient (Wildman–Crippen LogP) is 5.01. The molecule has 1 aliphatic heterocycles. The summed E-state index contributed by atoms with van der Waals surface area (Å²) >= 11 is 2.89. The first kappa shape index (κ1) is 18.8. The average molecular weight is 413 g/mol. The lowest BCUT2D eigenvalue weighted by molar-refractivity contribution is -0.113. The number of thiazole rings is 1. The number of aromatic nitrogens is 1. The van der Waals surface area contributed by atoms with Crippen LogP contribution in [0.1, 0.15) is 12.0 Å². The van der Waals surface area contributed by atoms with Crippen molar-refractivity contribution in [3.05, 3.63) is 53.4 Å². The second-order valence-corrected chi connectivity index (χ2v) is 8.31. The van der Waals surface area contributed by atoms with E-state index in [1.807, 2.05) is 35.7 Å². The number of nitrogens with one attached hydrogen (secondary N) is 1. The normalized spacial score (nSPS) is 13.0. The Morgan fingerprint density at radius 2 is 1.93 bits per heavy atom. The Hall–Kier alpha value is -2.51. The zero-order valence-corrected chi connectivity index (χ0v) is 17.1. The molecule has 1 N–H and O–H groups in total. The van der Waals surface area contributed by atoms with Gasteiger partial charge in [0.25, 0.3) is 0 Å². The smallest absolute Gasteiger partial charge is 0.236 e. The molecule has 0 spiro atoms. The van der Waals surface area contributed by atoms with Crippen LogP contribution in [0, 0.1) is 6.92 Å². The third-order valence-electron chi connectivity index (χ3n) is 4.19. The van der Waals surface area contributed by atoms with Crippen LogP contribution in [0.4, 0.5) is 5.13 Å². The molecule has 2 aromatic carbocycles. The van der Waals surface area contributed by atoms with Gasteiger partial charge in [-0.15, -0.1) is 23.1 Å². The van der Waals surface area contributed by atoms with Crippen molar-refractivity contribution in [1.82, 2.24) is 4.98 Å². The number of hydrogen-bond donors (Lipinski definition) is 1. The van der Waals surface area contributed by atoms with Gasteiger partial charge in [0.2, 0.25) is 5.91 Å². The Kier molecular flexibility index (Phi) is 5.83. The van der Waals surface area contributed by atoms with E-state index >= 15 is 0 Å². The molecule has 1 aliphatic rings. The van der Waals surface area contributed by atoms with E-state index in [-0.39, 0.29) is 5.91 Å². The minimum absolute atomic E-state index is 0.0816. The molecule has 7 heteroatoms. The van der Waals surface area contributed by atoms with Crippen LogP contribution < -0.4 is 14.8 Å². The molecule has 5 nitrogen and oxygen atoms in total. The van der Waals surface area contributed by atoms with E-state index in [9.17, 15) is 4.79 Å². The summed E-state index contributed by atoms with van der Waals surface area (Å²) < 4.78 is 11.3. The first-order valence-corrected chi connectivity index (χ1v) is 10.9. The van der Waals surface area contributed by atoms with Crippen molar-refractivity contribution in [2.45, 2.75) is 18.2 Å². The maximum atomic E-state index is 12.3. The topological polar surface area (TPSA) is 60.5 Å². The molecule has 4 rings (SSSR count). The maximum Gasteiger partial charge on any atom is 0.236 e. The zero-order valence-electron chi connectivity index (χ0n) is 15.4. The molecule has 144 valence electrons. The van der Waals surface area contributed by atoms with Gasteiger partial charge in [0.05, 0.1) is 24.7 Å². The van der Waals surface area contributed by atoms with Crippen LogP contribution in [0.2, 0.25) is 0 Å². The van der Waals surface area contributed by atoms with Crippen LogP contribution in [-0.4, -0.2) is 29.9 Å². The molecule has 0 fully saturated rings. The number of nitrogens with zero attached hydrogens (tertiary/aromatic N) is 1. The highest BCUT2D eigenvalue weighted by molar-refractivity contribution is 8.00. The van der Waals surface area contributed by atoms with Crippen molar-refractivity contribution in [1.29, 1.82) is 0 Å². The van der Waals surface area contributed by atoms with Gasteiger partial charge in [0, 0.05) is 22.3 Å². The van der Waals surface area contributed by atoms with Gasteiger partial charge >= 0.3 is 0 Å². The lowest BCUT2D eigenvalue weighted by Crippen LogP contribution is -2.13. The number of carbonyl (C=O) groups excluding carboxylic acids is 1. The highest BCUT2D eigenvalue weighted by atomic mass is 32.2. The second kappa shape index (κ2) is 8.67. The molecule has 28 heavy (non-hydrogen) atoms. The molecule has 2 heterocycles. The van der Waals surface area contributed by atoms with Crippen molar-refractivity contribution in [3.63, 3.8) is 0 Å². The van der Waals surface area contributed by atoms with Crippen LogP contribution in [-0.2, 0) is 4.79 Å². The average Bonchev–Trinajstić information content (AvgIpc) is 3.03.